The van der Waals surface area contributed by atoms with Gasteiger partial charge in [-0.25, -0.2) is 4.39 Å². The maximum atomic E-state index is 13.1. The van der Waals surface area contributed by atoms with Gasteiger partial charge in [-0.15, -0.1) is 0 Å². The fraction of sp³-hybridized carbons (Fsp3) is 0.231. The molecule has 1 N–H and O–H groups in total. The molecule has 1 aliphatic heterocycles. The molecule has 0 aliphatic carbocycles. The van der Waals surface area contributed by atoms with E-state index in [9.17, 15) is 14.0 Å². The number of nitrogens with one attached hydrogen (secondary N) is 1. The molecule has 0 fully saturated rings. The molecule has 0 aromatic heterocycles. The number of rotatable bonds is 7. The summed E-state index contributed by atoms with van der Waals surface area (Å²) in [6, 6.07) is 20.6. The minimum Gasteiger partial charge on any atom is -0.492 e. The zero-order valence-corrected chi connectivity index (χ0v) is 18.3. The van der Waals surface area contributed by atoms with Crippen molar-refractivity contribution in [1.29, 1.82) is 0 Å². The highest BCUT2D eigenvalue weighted by atomic mass is 19.1. The van der Waals surface area contributed by atoms with Gasteiger partial charge in [0.15, 0.2) is 6.10 Å². The van der Waals surface area contributed by atoms with Gasteiger partial charge in [-0.3, -0.25) is 9.59 Å². The first kappa shape index (κ1) is 22.3. The average Bonchev–Trinajstić information content (AvgIpc) is 2.92. The van der Waals surface area contributed by atoms with Gasteiger partial charge in [0.2, 0.25) is 5.91 Å². The second-order valence-electron chi connectivity index (χ2n) is 7.86. The number of anilines is 1. The van der Waals surface area contributed by atoms with Crippen molar-refractivity contribution in [3.8, 4) is 11.5 Å². The second-order valence-corrected chi connectivity index (χ2v) is 7.86. The molecular weight excluding hydrogens is 423 g/mol. The van der Waals surface area contributed by atoms with Gasteiger partial charge in [0.25, 0.3) is 5.91 Å². The van der Waals surface area contributed by atoms with Crippen LogP contribution >= 0.6 is 0 Å². The molecule has 0 saturated heterocycles. The van der Waals surface area contributed by atoms with Crippen LogP contribution in [0.1, 0.15) is 18.1 Å². The number of hydrogen-bond donors (Lipinski definition) is 1. The molecule has 1 unspecified atom stereocenters. The van der Waals surface area contributed by atoms with Gasteiger partial charge in [-0.1, -0.05) is 30.3 Å². The zero-order valence-electron chi connectivity index (χ0n) is 18.3. The Morgan fingerprint density at radius 1 is 1.12 bits per heavy atom. The van der Waals surface area contributed by atoms with E-state index in [1.807, 2.05) is 36.4 Å². The van der Waals surface area contributed by atoms with Gasteiger partial charge in [-0.2, -0.15) is 0 Å². The van der Waals surface area contributed by atoms with Crippen LogP contribution in [0.5, 0.6) is 11.5 Å². The van der Waals surface area contributed by atoms with E-state index in [0.29, 0.717) is 31.1 Å². The van der Waals surface area contributed by atoms with E-state index in [4.69, 9.17) is 9.47 Å². The Morgan fingerprint density at radius 2 is 1.88 bits per heavy atom. The van der Waals surface area contributed by atoms with Crippen LogP contribution in [0.25, 0.3) is 0 Å². The van der Waals surface area contributed by atoms with Gasteiger partial charge < -0.3 is 19.7 Å². The third kappa shape index (κ3) is 5.88. The molecule has 2 amide bonds. The van der Waals surface area contributed by atoms with E-state index < -0.39 is 6.10 Å². The highest BCUT2D eigenvalue weighted by molar-refractivity contribution is 5.92. The van der Waals surface area contributed by atoms with Crippen LogP contribution < -0.4 is 14.8 Å². The Balaban J connectivity index is 1.41. The van der Waals surface area contributed by atoms with Crippen molar-refractivity contribution in [2.45, 2.75) is 26.0 Å². The first-order chi connectivity index (χ1) is 16.0. The summed E-state index contributed by atoms with van der Waals surface area (Å²) < 4.78 is 24.7. The molecule has 0 saturated carbocycles. The van der Waals surface area contributed by atoms with Crippen molar-refractivity contribution in [3.63, 3.8) is 0 Å². The molecule has 0 spiro atoms. The normalized spacial score (nSPS) is 15.3. The standard InChI is InChI=1S/C26H25FN2O4/c1-18-26(31)29(13-14-32-23-5-3-2-4-6-23)17-20-16-22(11-12-24(20)33-18)28-25(30)15-19-7-9-21(27)10-8-19/h2-12,16,18H,13-15,17H2,1H3,(H,28,30). The molecule has 1 aliphatic rings. The number of para-hydroxylation sites is 1. The monoisotopic (exact) mass is 448 g/mol. The molecule has 1 atom stereocenters. The predicted octanol–water partition coefficient (Wildman–Crippen LogP) is 4.20. The highest BCUT2D eigenvalue weighted by Crippen LogP contribution is 2.28. The fourth-order valence-corrected chi connectivity index (χ4v) is 3.65. The van der Waals surface area contributed by atoms with Crippen molar-refractivity contribution < 1.29 is 23.5 Å². The van der Waals surface area contributed by atoms with E-state index in [2.05, 4.69) is 5.32 Å². The van der Waals surface area contributed by atoms with E-state index in [1.54, 1.807) is 36.1 Å². The quantitative estimate of drug-likeness (QED) is 0.589. The molecule has 7 heteroatoms. The van der Waals surface area contributed by atoms with E-state index in [0.717, 1.165) is 16.9 Å². The number of benzene rings is 3. The van der Waals surface area contributed by atoms with Crippen molar-refractivity contribution in [3.05, 3.63) is 89.7 Å². The minimum atomic E-state index is -0.623. The molecule has 33 heavy (non-hydrogen) atoms. The van der Waals surface area contributed by atoms with Crippen LogP contribution in [-0.2, 0) is 22.6 Å². The molecule has 170 valence electrons. The van der Waals surface area contributed by atoms with Crippen molar-refractivity contribution >= 4 is 17.5 Å². The maximum absolute atomic E-state index is 13.1. The Labute approximate surface area is 191 Å². The van der Waals surface area contributed by atoms with Gasteiger partial charge in [0.1, 0.15) is 23.9 Å². The number of fused-ring (bicyclic) bond motifs is 1. The van der Waals surface area contributed by atoms with Crippen LogP contribution in [-0.4, -0.2) is 36.0 Å². The predicted molar refractivity (Wildman–Crippen MR) is 123 cm³/mol. The summed E-state index contributed by atoms with van der Waals surface area (Å²) in [7, 11) is 0. The number of ether oxygens (including phenoxy) is 2. The van der Waals surface area contributed by atoms with Crippen molar-refractivity contribution in [2.75, 3.05) is 18.5 Å². The Bertz CT molecular complexity index is 1120. The summed E-state index contributed by atoms with van der Waals surface area (Å²) in [5, 5.41) is 2.86. The van der Waals surface area contributed by atoms with E-state index >= 15 is 0 Å². The van der Waals surface area contributed by atoms with Gasteiger partial charge in [0.05, 0.1) is 13.0 Å². The molecule has 3 aromatic carbocycles. The third-order valence-electron chi connectivity index (χ3n) is 5.32. The van der Waals surface area contributed by atoms with Crippen LogP contribution in [0.3, 0.4) is 0 Å². The summed E-state index contributed by atoms with van der Waals surface area (Å²) >= 11 is 0. The SMILES string of the molecule is CC1Oc2ccc(NC(=O)Cc3ccc(F)cc3)cc2CN(CCOc2ccccc2)C1=O. The minimum absolute atomic E-state index is 0.121. The topological polar surface area (TPSA) is 67.9 Å². The lowest BCUT2D eigenvalue weighted by Crippen LogP contribution is -2.40. The van der Waals surface area contributed by atoms with Crippen molar-refractivity contribution in [2.24, 2.45) is 0 Å². The summed E-state index contributed by atoms with van der Waals surface area (Å²) in [5.41, 5.74) is 2.12. The largest absolute Gasteiger partial charge is 0.492 e. The Morgan fingerprint density at radius 3 is 2.64 bits per heavy atom. The molecule has 4 rings (SSSR count). The second kappa shape index (κ2) is 10.2. The number of carbonyl (C=O) groups is 2. The summed E-state index contributed by atoms with van der Waals surface area (Å²) in [6.07, 6.45) is -0.492. The number of nitrogens with zero attached hydrogens (tertiary/aromatic N) is 1. The Hall–Kier alpha value is -3.87. The molecule has 3 aromatic rings. The lowest BCUT2D eigenvalue weighted by Gasteiger charge is -2.22. The fourth-order valence-electron chi connectivity index (χ4n) is 3.65. The number of carbonyl (C=O) groups excluding carboxylic acids is 2. The first-order valence-electron chi connectivity index (χ1n) is 10.8. The highest BCUT2D eigenvalue weighted by Gasteiger charge is 2.28. The number of halogens is 1. The molecule has 0 bridgehead atoms. The third-order valence-corrected chi connectivity index (χ3v) is 5.32. The van der Waals surface area contributed by atoms with Gasteiger partial charge in [-0.05, 0) is 55.0 Å². The molecular formula is C26H25FN2O4. The van der Waals surface area contributed by atoms with Crippen molar-refractivity contribution in [1.82, 2.24) is 4.90 Å². The smallest absolute Gasteiger partial charge is 0.263 e. The molecule has 1 heterocycles. The Kier molecular flexibility index (Phi) is 6.88. The van der Waals surface area contributed by atoms with E-state index in [1.165, 1.54) is 12.1 Å². The molecule has 6 nitrogen and oxygen atoms in total. The lowest BCUT2D eigenvalue weighted by atomic mass is 10.1. The van der Waals surface area contributed by atoms with E-state index in [-0.39, 0.29) is 24.1 Å². The lowest BCUT2D eigenvalue weighted by molar-refractivity contribution is -0.138. The van der Waals surface area contributed by atoms with Crippen LogP contribution in [0.15, 0.2) is 72.8 Å². The molecule has 0 radical (unpaired) electrons. The summed E-state index contributed by atoms with van der Waals surface area (Å²) in [5.74, 6) is 0.681. The van der Waals surface area contributed by atoms with Crippen LogP contribution in [0, 0.1) is 5.82 Å². The van der Waals surface area contributed by atoms with Gasteiger partial charge in [0, 0.05) is 17.8 Å². The summed E-state index contributed by atoms with van der Waals surface area (Å²) in [6.45, 7) is 2.83. The summed E-state index contributed by atoms with van der Waals surface area (Å²) in [4.78, 5) is 26.9. The maximum Gasteiger partial charge on any atom is 0.263 e. The van der Waals surface area contributed by atoms with Crippen LogP contribution in [0.4, 0.5) is 10.1 Å². The number of amides is 2. The van der Waals surface area contributed by atoms with Crippen LogP contribution in [0.2, 0.25) is 0 Å². The van der Waals surface area contributed by atoms with Gasteiger partial charge >= 0.3 is 0 Å². The average molecular weight is 448 g/mol. The number of hydrogen-bond acceptors (Lipinski definition) is 4. The zero-order chi connectivity index (χ0) is 23.2. The first-order valence-corrected chi connectivity index (χ1v) is 10.8.